The monoisotopic (exact) mass is 339 g/mol. The van der Waals surface area contributed by atoms with Crippen LogP contribution in [0.2, 0.25) is 0 Å². The fraction of sp³-hybridized carbons (Fsp3) is 0.167. The van der Waals surface area contributed by atoms with E-state index in [4.69, 9.17) is 12.2 Å². The summed E-state index contributed by atoms with van der Waals surface area (Å²) in [7, 11) is 1.77. The van der Waals surface area contributed by atoms with Crippen LogP contribution >= 0.6 is 12.2 Å². The van der Waals surface area contributed by atoms with E-state index in [1.165, 1.54) is 0 Å². The SMILES string of the molecule is C[C@H](c1ccccc1)N(C)C(=O)c1ccc2c(=O)[nH]c(=S)[nH]c2c1. The van der Waals surface area contributed by atoms with Crippen molar-refractivity contribution < 1.29 is 4.79 Å². The van der Waals surface area contributed by atoms with Gasteiger partial charge in [0.05, 0.1) is 16.9 Å². The molecule has 0 radical (unpaired) electrons. The molecule has 0 bridgehead atoms. The first kappa shape index (κ1) is 16.1. The average Bonchev–Trinajstić information content (AvgIpc) is 2.59. The van der Waals surface area contributed by atoms with E-state index in [1.54, 1.807) is 30.1 Å². The van der Waals surface area contributed by atoms with Crippen LogP contribution in [0, 0.1) is 4.77 Å². The van der Waals surface area contributed by atoms with E-state index in [0.717, 1.165) is 5.56 Å². The normalized spacial score (nSPS) is 12.1. The summed E-state index contributed by atoms with van der Waals surface area (Å²) in [6.07, 6.45) is 0. The van der Waals surface area contributed by atoms with Gasteiger partial charge in [-0.1, -0.05) is 30.3 Å². The highest BCUT2D eigenvalue weighted by molar-refractivity contribution is 7.71. The highest BCUT2D eigenvalue weighted by Gasteiger charge is 2.19. The Kier molecular flexibility index (Phi) is 4.31. The van der Waals surface area contributed by atoms with Crippen molar-refractivity contribution in [2.45, 2.75) is 13.0 Å². The number of nitrogens with zero attached hydrogens (tertiary/aromatic N) is 1. The summed E-state index contributed by atoms with van der Waals surface area (Å²) >= 11 is 4.99. The Labute approximate surface area is 144 Å². The number of hydrogen-bond acceptors (Lipinski definition) is 3. The average molecular weight is 339 g/mol. The maximum Gasteiger partial charge on any atom is 0.259 e. The molecule has 2 N–H and O–H groups in total. The van der Waals surface area contributed by atoms with Gasteiger partial charge >= 0.3 is 0 Å². The Hall–Kier alpha value is -2.73. The Balaban J connectivity index is 1.96. The van der Waals surface area contributed by atoms with Crippen molar-refractivity contribution >= 4 is 29.0 Å². The number of fused-ring (bicyclic) bond motifs is 1. The van der Waals surface area contributed by atoms with Crippen molar-refractivity contribution in [1.82, 2.24) is 14.9 Å². The largest absolute Gasteiger partial charge is 0.335 e. The van der Waals surface area contributed by atoms with Gasteiger partial charge in [0.15, 0.2) is 4.77 Å². The summed E-state index contributed by atoms with van der Waals surface area (Å²) in [5.41, 5.74) is 1.85. The van der Waals surface area contributed by atoms with Crippen LogP contribution < -0.4 is 5.56 Å². The highest BCUT2D eigenvalue weighted by atomic mass is 32.1. The standard InChI is InChI=1S/C18H17N3O2S/c1-11(12-6-4-3-5-7-12)21(2)17(23)13-8-9-14-15(10-13)19-18(24)20-16(14)22/h3-11H,1-2H3,(H2,19,20,22,24)/t11-/m1/s1. The molecule has 1 aromatic heterocycles. The molecule has 0 aliphatic carbocycles. The lowest BCUT2D eigenvalue weighted by Gasteiger charge is -2.25. The van der Waals surface area contributed by atoms with Gasteiger partial charge in [0.2, 0.25) is 0 Å². The quantitative estimate of drug-likeness (QED) is 0.719. The number of nitrogens with one attached hydrogen (secondary N) is 2. The Morgan fingerprint density at radius 1 is 1.12 bits per heavy atom. The van der Waals surface area contributed by atoms with E-state index in [2.05, 4.69) is 9.97 Å². The summed E-state index contributed by atoms with van der Waals surface area (Å²) in [6.45, 7) is 1.98. The molecule has 0 saturated heterocycles. The summed E-state index contributed by atoms with van der Waals surface area (Å²) in [6, 6.07) is 14.7. The van der Waals surface area contributed by atoms with E-state index in [-0.39, 0.29) is 22.3 Å². The second-order valence-electron chi connectivity index (χ2n) is 5.67. The molecule has 2 aromatic carbocycles. The van der Waals surface area contributed by atoms with Gasteiger partial charge in [-0.2, -0.15) is 0 Å². The molecule has 1 heterocycles. The lowest BCUT2D eigenvalue weighted by atomic mass is 10.1. The molecule has 1 amide bonds. The Morgan fingerprint density at radius 3 is 2.54 bits per heavy atom. The number of benzene rings is 2. The molecule has 0 aliphatic heterocycles. The van der Waals surface area contributed by atoms with Crippen LogP contribution in [-0.4, -0.2) is 27.8 Å². The number of carbonyl (C=O) groups excluding carboxylic acids is 1. The predicted molar refractivity (Wildman–Crippen MR) is 96.7 cm³/mol. The lowest BCUT2D eigenvalue weighted by molar-refractivity contribution is 0.0743. The lowest BCUT2D eigenvalue weighted by Crippen LogP contribution is -2.29. The first-order chi connectivity index (χ1) is 11.5. The molecule has 0 saturated carbocycles. The molecule has 5 nitrogen and oxygen atoms in total. The van der Waals surface area contributed by atoms with Crippen molar-refractivity contribution in [3.63, 3.8) is 0 Å². The zero-order chi connectivity index (χ0) is 17.3. The molecular formula is C18H17N3O2S. The Morgan fingerprint density at radius 2 is 1.83 bits per heavy atom. The Bertz CT molecular complexity index is 1010. The van der Waals surface area contributed by atoms with Crippen LogP contribution in [0.25, 0.3) is 10.9 Å². The zero-order valence-corrected chi connectivity index (χ0v) is 14.2. The van der Waals surface area contributed by atoms with Crippen molar-refractivity contribution in [3.05, 3.63) is 74.8 Å². The summed E-state index contributed by atoms with van der Waals surface area (Å²) in [5, 5.41) is 0.471. The summed E-state index contributed by atoms with van der Waals surface area (Å²) in [5.74, 6) is -0.118. The minimum absolute atomic E-state index is 0.0629. The van der Waals surface area contributed by atoms with E-state index in [9.17, 15) is 9.59 Å². The minimum atomic E-state index is -0.265. The molecule has 0 spiro atoms. The third-order valence-corrected chi connectivity index (χ3v) is 4.37. The van der Waals surface area contributed by atoms with Crippen LogP contribution in [0.5, 0.6) is 0 Å². The van der Waals surface area contributed by atoms with Gasteiger partial charge in [-0.25, -0.2) is 0 Å². The van der Waals surface area contributed by atoms with E-state index >= 15 is 0 Å². The highest BCUT2D eigenvalue weighted by Crippen LogP contribution is 2.21. The molecule has 6 heteroatoms. The van der Waals surface area contributed by atoms with Crippen LogP contribution in [0.15, 0.2) is 53.3 Å². The minimum Gasteiger partial charge on any atom is -0.335 e. The summed E-state index contributed by atoms with van der Waals surface area (Å²) < 4.78 is 0.239. The molecule has 0 fully saturated rings. The zero-order valence-electron chi connectivity index (χ0n) is 13.4. The third kappa shape index (κ3) is 3.00. The molecule has 0 unspecified atom stereocenters. The van der Waals surface area contributed by atoms with Crippen molar-refractivity contribution in [3.8, 4) is 0 Å². The van der Waals surface area contributed by atoms with Crippen LogP contribution in [-0.2, 0) is 0 Å². The van der Waals surface area contributed by atoms with E-state index < -0.39 is 0 Å². The van der Waals surface area contributed by atoms with Gasteiger partial charge in [0.1, 0.15) is 0 Å². The summed E-state index contributed by atoms with van der Waals surface area (Å²) in [4.78, 5) is 31.8. The van der Waals surface area contributed by atoms with Gasteiger partial charge in [0.25, 0.3) is 11.5 Å². The predicted octanol–water partition coefficient (Wildman–Crippen LogP) is 3.42. The maximum atomic E-state index is 12.8. The number of carbonyl (C=O) groups is 1. The number of aromatic amines is 2. The van der Waals surface area contributed by atoms with Crippen molar-refractivity contribution in [2.75, 3.05) is 7.05 Å². The number of rotatable bonds is 3. The van der Waals surface area contributed by atoms with Crippen LogP contribution in [0.1, 0.15) is 28.9 Å². The molecule has 0 aliphatic rings. The van der Waals surface area contributed by atoms with Gasteiger partial charge in [0, 0.05) is 12.6 Å². The molecule has 24 heavy (non-hydrogen) atoms. The van der Waals surface area contributed by atoms with Crippen LogP contribution in [0.3, 0.4) is 0 Å². The van der Waals surface area contributed by atoms with E-state index in [0.29, 0.717) is 16.5 Å². The molecular weight excluding hydrogens is 322 g/mol. The van der Waals surface area contributed by atoms with E-state index in [1.807, 2.05) is 37.3 Å². The maximum absolute atomic E-state index is 12.8. The third-order valence-electron chi connectivity index (χ3n) is 4.17. The van der Waals surface area contributed by atoms with Gasteiger partial charge in [-0.15, -0.1) is 0 Å². The first-order valence-electron chi connectivity index (χ1n) is 7.56. The topological polar surface area (TPSA) is 69.0 Å². The fourth-order valence-electron chi connectivity index (χ4n) is 2.64. The van der Waals surface area contributed by atoms with Crippen LogP contribution in [0.4, 0.5) is 0 Å². The second kappa shape index (κ2) is 6.41. The number of amides is 1. The molecule has 122 valence electrons. The number of H-pyrrole nitrogens is 2. The van der Waals surface area contributed by atoms with Gasteiger partial charge in [-0.3, -0.25) is 14.6 Å². The van der Waals surface area contributed by atoms with Crippen molar-refractivity contribution in [1.29, 1.82) is 0 Å². The smallest absolute Gasteiger partial charge is 0.259 e. The number of hydrogen-bond donors (Lipinski definition) is 2. The first-order valence-corrected chi connectivity index (χ1v) is 7.96. The molecule has 3 aromatic rings. The molecule has 1 atom stereocenters. The van der Waals surface area contributed by atoms with Gasteiger partial charge in [-0.05, 0) is 42.9 Å². The molecule has 3 rings (SSSR count). The fourth-order valence-corrected chi connectivity index (χ4v) is 2.84. The second-order valence-corrected chi connectivity index (χ2v) is 6.08. The van der Waals surface area contributed by atoms with Crippen molar-refractivity contribution in [2.24, 2.45) is 0 Å². The number of aromatic nitrogens is 2. The van der Waals surface area contributed by atoms with Gasteiger partial charge < -0.3 is 9.88 Å².